The maximum absolute atomic E-state index is 12.2. The summed E-state index contributed by atoms with van der Waals surface area (Å²) in [5, 5.41) is 11.3. The average molecular weight is 542 g/mol. The number of amides is 2. The molecule has 0 radical (unpaired) electrons. The van der Waals surface area contributed by atoms with Crippen molar-refractivity contribution in [2.45, 2.75) is 12.4 Å². The molecule has 4 N–H and O–H groups in total. The van der Waals surface area contributed by atoms with Gasteiger partial charge in [0.05, 0.1) is 11.9 Å². The number of carbonyl (C=O) groups is 2. The summed E-state index contributed by atoms with van der Waals surface area (Å²) in [7, 11) is 0. The fraction of sp³-hybridized carbons (Fsp3) is 0.136. The minimum atomic E-state index is -5.08. The molecular weight excluding hydrogens is 526 g/mol. The van der Waals surface area contributed by atoms with E-state index in [-0.39, 0.29) is 5.56 Å². The van der Waals surface area contributed by atoms with Crippen molar-refractivity contribution in [3.05, 3.63) is 71.4 Å². The summed E-state index contributed by atoms with van der Waals surface area (Å²) in [5.74, 6) is -2.34. The van der Waals surface area contributed by atoms with Crippen molar-refractivity contribution in [3.8, 4) is 22.6 Å². The molecule has 3 heterocycles. The van der Waals surface area contributed by atoms with E-state index in [1.54, 1.807) is 58.5 Å². The molecule has 4 rings (SSSR count). The van der Waals surface area contributed by atoms with E-state index >= 15 is 0 Å². The Morgan fingerprint density at radius 2 is 1.71 bits per heavy atom. The minimum absolute atomic E-state index is 0.266. The Morgan fingerprint density at radius 1 is 1.00 bits per heavy atom. The van der Waals surface area contributed by atoms with Crippen LogP contribution in [0.25, 0.3) is 28.3 Å². The highest BCUT2D eigenvalue weighted by Gasteiger charge is 2.38. The van der Waals surface area contributed by atoms with Crippen molar-refractivity contribution >= 4 is 23.3 Å². The Bertz CT molecular complexity index is 1510. The second-order valence-electron chi connectivity index (χ2n) is 7.38. The summed E-state index contributed by atoms with van der Waals surface area (Å²) >= 11 is 0. The van der Waals surface area contributed by atoms with Gasteiger partial charge in [0.1, 0.15) is 18.0 Å². The number of carboxylic acids is 1. The fourth-order valence-electron chi connectivity index (χ4n) is 2.97. The van der Waals surface area contributed by atoms with Crippen molar-refractivity contribution in [1.29, 1.82) is 0 Å². The molecule has 38 heavy (non-hydrogen) atoms. The predicted octanol–water partition coefficient (Wildman–Crippen LogP) is 4.07. The first-order valence-corrected chi connectivity index (χ1v) is 10.3. The van der Waals surface area contributed by atoms with Gasteiger partial charge in [-0.1, -0.05) is 12.1 Å². The molecule has 1 aromatic carbocycles. The summed E-state index contributed by atoms with van der Waals surface area (Å²) in [6.45, 7) is -1.42. The number of aromatic amines is 1. The number of hydrogen-bond acceptors (Lipinski definition) is 5. The fourth-order valence-corrected chi connectivity index (χ4v) is 2.97. The number of alkyl halides is 6. The summed E-state index contributed by atoms with van der Waals surface area (Å²) in [6.07, 6.45) is -4.77. The van der Waals surface area contributed by atoms with E-state index in [9.17, 15) is 35.9 Å². The number of benzene rings is 1. The van der Waals surface area contributed by atoms with Crippen LogP contribution in [0.5, 0.6) is 0 Å². The van der Waals surface area contributed by atoms with Crippen LogP contribution in [-0.4, -0.2) is 55.4 Å². The van der Waals surface area contributed by atoms with Crippen LogP contribution in [0.2, 0.25) is 0 Å². The summed E-state index contributed by atoms with van der Waals surface area (Å²) in [4.78, 5) is 43.3. The highest BCUT2D eigenvalue weighted by molar-refractivity contribution is 5.90. The van der Waals surface area contributed by atoms with Gasteiger partial charge in [-0.3, -0.25) is 9.20 Å². The Morgan fingerprint density at radius 3 is 2.34 bits per heavy atom. The zero-order chi connectivity index (χ0) is 28.1. The van der Waals surface area contributed by atoms with E-state index in [0.717, 1.165) is 0 Å². The second-order valence-corrected chi connectivity index (χ2v) is 7.38. The number of aliphatic carboxylic acids is 1. The van der Waals surface area contributed by atoms with Crippen LogP contribution in [0.4, 0.5) is 36.8 Å². The molecule has 200 valence electrons. The largest absolute Gasteiger partial charge is 0.490 e. The normalized spacial score (nSPS) is 11.4. The van der Waals surface area contributed by atoms with Crippen LogP contribution in [-0.2, 0) is 4.79 Å². The first-order valence-electron chi connectivity index (χ1n) is 10.3. The van der Waals surface area contributed by atoms with E-state index in [4.69, 9.17) is 9.90 Å². The minimum Gasteiger partial charge on any atom is -0.475 e. The number of H-pyrrole nitrogens is 1. The average Bonchev–Trinajstić information content (AvgIpc) is 3.26. The molecule has 4 aromatic rings. The Kier molecular flexibility index (Phi) is 8.03. The summed E-state index contributed by atoms with van der Waals surface area (Å²) in [6, 6.07) is 10.5. The number of carbonyl (C=O) groups excluding carboxylic acids is 1. The Labute approximate surface area is 208 Å². The number of aromatic nitrogens is 4. The molecule has 0 bridgehead atoms. The molecular formula is C22H16F6N6O4. The van der Waals surface area contributed by atoms with Gasteiger partial charge in [0.2, 0.25) is 0 Å². The number of rotatable bonds is 4. The predicted molar refractivity (Wildman–Crippen MR) is 121 cm³/mol. The first kappa shape index (κ1) is 27.7. The van der Waals surface area contributed by atoms with Crippen LogP contribution >= 0.6 is 0 Å². The van der Waals surface area contributed by atoms with Gasteiger partial charge in [-0.2, -0.15) is 26.3 Å². The van der Waals surface area contributed by atoms with Crippen LogP contribution in [0.3, 0.4) is 0 Å². The number of imidazole rings is 1. The number of pyridine rings is 1. The number of urea groups is 1. The van der Waals surface area contributed by atoms with Gasteiger partial charge >= 0.3 is 24.4 Å². The third-order valence-electron chi connectivity index (χ3n) is 4.57. The molecule has 0 atom stereocenters. The lowest BCUT2D eigenvalue weighted by Crippen LogP contribution is -2.36. The molecule has 16 heteroatoms. The lowest BCUT2D eigenvalue weighted by atomic mass is 10.1. The van der Waals surface area contributed by atoms with Gasteiger partial charge in [0.15, 0.2) is 0 Å². The molecule has 0 unspecified atom stereocenters. The van der Waals surface area contributed by atoms with Gasteiger partial charge < -0.3 is 20.7 Å². The smallest absolute Gasteiger partial charge is 0.475 e. The van der Waals surface area contributed by atoms with Crippen LogP contribution in [0.1, 0.15) is 0 Å². The molecule has 0 aliphatic rings. The molecule has 0 saturated heterocycles. The standard InChI is InChI=1S/C20H15F3N6O2.C2HF3O2/c21-20(22,23)11-26-19(31)27-14-3-1-2-12(8-14)15-10-25-16-9-13(5-7-29(15)16)18-24-6-4-17(30)28-18;3-2(4,5)1(6)7/h1-10H,11H2,(H,24,28,30)(H2,26,27,31);(H,6,7). The van der Waals surface area contributed by atoms with E-state index in [1.165, 1.54) is 12.3 Å². The topological polar surface area (TPSA) is 141 Å². The third-order valence-corrected chi connectivity index (χ3v) is 4.57. The highest BCUT2D eigenvalue weighted by Crippen LogP contribution is 2.25. The van der Waals surface area contributed by atoms with Crippen LogP contribution in [0.15, 0.2) is 65.8 Å². The maximum atomic E-state index is 12.2. The number of halogens is 6. The molecule has 0 saturated carbocycles. The molecule has 0 spiro atoms. The number of nitrogens with zero attached hydrogens (tertiary/aromatic N) is 3. The van der Waals surface area contributed by atoms with Gasteiger partial charge in [-0.05, 0) is 24.3 Å². The highest BCUT2D eigenvalue weighted by atomic mass is 19.4. The molecule has 0 aliphatic carbocycles. The third kappa shape index (κ3) is 7.55. The van der Waals surface area contributed by atoms with E-state index < -0.39 is 30.9 Å². The van der Waals surface area contributed by atoms with Gasteiger partial charge in [-0.25, -0.2) is 19.6 Å². The number of carboxylic acid groups (broad SMARTS) is 1. The zero-order valence-corrected chi connectivity index (χ0v) is 18.8. The van der Waals surface area contributed by atoms with Crippen molar-refractivity contribution in [2.75, 3.05) is 11.9 Å². The zero-order valence-electron chi connectivity index (χ0n) is 18.8. The lowest BCUT2D eigenvalue weighted by molar-refractivity contribution is -0.192. The van der Waals surface area contributed by atoms with Gasteiger partial charge in [-0.15, -0.1) is 0 Å². The first-order chi connectivity index (χ1) is 17.7. The van der Waals surface area contributed by atoms with Crippen LogP contribution in [0, 0.1) is 0 Å². The van der Waals surface area contributed by atoms with Crippen molar-refractivity contribution in [3.63, 3.8) is 0 Å². The van der Waals surface area contributed by atoms with Crippen LogP contribution < -0.4 is 16.2 Å². The number of fused-ring (bicyclic) bond motifs is 1. The quantitative estimate of drug-likeness (QED) is 0.287. The summed E-state index contributed by atoms with van der Waals surface area (Å²) in [5.41, 5.74) is 2.74. The molecule has 10 nitrogen and oxygen atoms in total. The second kappa shape index (κ2) is 11.0. The maximum Gasteiger partial charge on any atom is 0.490 e. The van der Waals surface area contributed by atoms with E-state index in [1.807, 2.05) is 0 Å². The molecule has 3 aromatic heterocycles. The van der Waals surface area contributed by atoms with Crippen molar-refractivity contribution in [1.82, 2.24) is 24.7 Å². The Balaban J connectivity index is 0.000000505. The van der Waals surface area contributed by atoms with Gasteiger partial charge in [0.25, 0.3) is 5.56 Å². The Hall–Kier alpha value is -4.89. The van der Waals surface area contributed by atoms with E-state index in [0.29, 0.717) is 34.0 Å². The molecule has 0 aliphatic heterocycles. The summed E-state index contributed by atoms with van der Waals surface area (Å²) < 4.78 is 70.2. The monoisotopic (exact) mass is 542 g/mol. The number of hydrogen-bond donors (Lipinski definition) is 4. The lowest BCUT2D eigenvalue weighted by Gasteiger charge is -2.11. The number of anilines is 1. The van der Waals surface area contributed by atoms with Crippen molar-refractivity contribution in [2.24, 2.45) is 0 Å². The van der Waals surface area contributed by atoms with Gasteiger partial charge in [0, 0.05) is 35.3 Å². The van der Waals surface area contributed by atoms with E-state index in [2.05, 4.69) is 20.3 Å². The molecule has 0 fully saturated rings. The number of nitrogens with one attached hydrogen (secondary N) is 3. The molecule has 2 amide bonds. The van der Waals surface area contributed by atoms with Crippen molar-refractivity contribution < 1.29 is 41.0 Å². The SMILES string of the molecule is O=C(NCC(F)(F)F)Nc1cccc(-c2cnc3cc(-c4nccc(=O)[nH]4)ccn23)c1.O=C(O)C(F)(F)F.